The Bertz CT molecular complexity index is 789. The fourth-order valence-corrected chi connectivity index (χ4v) is 2.62. The summed E-state index contributed by atoms with van der Waals surface area (Å²) in [6.07, 6.45) is 0.858. The second-order valence-corrected chi connectivity index (χ2v) is 6.50. The average Bonchev–Trinajstić information content (AvgIpc) is 2.53. The van der Waals surface area contributed by atoms with Gasteiger partial charge in [0.2, 0.25) is 15.9 Å². The molecule has 0 saturated heterocycles. The Morgan fingerprint density at radius 1 is 1.17 bits per heavy atom. The van der Waals surface area contributed by atoms with Gasteiger partial charge < -0.3 is 10.1 Å². The van der Waals surface area contributed by atoms with Crippen molar-refractivity contribution < 1.29 is 17.9 Å². The highest BCUT2D eigenvalue weighted by Crippen LogP contribution is 2.27. The van der Waals surface area contributed by atoms with Crippen LogP contribution in [-0.4, -0.2) is 21.4 Å². The van der Waals surface area contributed by atoms with Crippen molar-refractivity contribution in [3.05, 3.63) is 54.1 Å². The number of methoxy groups -OCH3 is 1. The zero-order valence-electron chi connectivity index (χ0n) is 12.7. The van der Waals surface area contributed by atoms with Crippen LogP contribution in [0.4, 0.5) is 5.69 Å². The fraction of sp³-hybridized carbons (Fsp3) is 0.188. The monoisotopic (exact) mass is 334 g/mol. The van der Waals surface area contributed by atoms with Gasteiger partial charge in [-0.15, -0.1) is 0 Å². The number of hydrogen-bond acceptors (Lipinski definition) is 4. The molecule has 0 fully saturated rings. The Balaban J connectivity index is 2.10. The number of benzene rings is 2. The first kappa shape index (κ1) is 17.0. The summed E-state index contributed by atoms with van der Waals surface area (Å²) < 4.78 is 27.9. The third-order valence-corrected chi connectivity index (χ3v) is 4.17. The van der Waals surface area contributed by atoms with Crippen LogP contribution in [0.25, 0.3) is 0 Å². The summed E-state index contributed by atoms with van der Waals surface area (Å²) >= 11 is 0. The molecule has 2 aromatic rings. The number of carbonyl (C=O) groups is 1. The molecule has 3 N–H and O–H groups in total. The van der Waals surface area contributed by atoms with Crippen LogP contribution in [-0.2, 0) is 21.2 Å². The highest BCUT2D eigenvalue weighted by Gasteiger charge is 2.14. The number of aryl methyl sites for hydroxylation is 1. The molecule has 122 valence electrons. The van der Waals surface area contributed by atoms with Crippen molar-refractivity contribution in [2.75, 3.05) is 12.4 Å². The van der Waals surface area contributed by atoms with Crippen LogP contribution in [0.3, 0.4) is 0 Å². The van der Waals surface area contributed by atoms with Gasteiger partial charge in [0.15, 0.2) is 0 Å². The van der Waals surface area contributed by atoms with Crippen LogP contribution < -0.4 is 15.2 Å². The molecule has 0 aromatic heterocycles. The van der Waals surface area contributed by atoms with Gasteiger partial charge in [-0.1, -0.05) is 30.3 Å². The molecule has 0 spiro atoms. The van der Waals surface area contributed by atoms with E-state index in [4.69, 9.17) is 9.88 Å². The molecule has 0 aliphatic rings. The van der Waals surface area contributed by atoms with Crippen molar-refractivity contribution in [2.45, 2.75) is 17.7 Å². The van der Waals surface area contributed by atoms with Gasteiger partial charge in [-0.3, -0.25) is 4.79 Å². The zero-order chi connectivity index (χ0) is 16.9. The first-order valence-electron chi connectivity index (χ1n) is 6.95. The van der Waals surface area contributed by atoms with E-state index in [-0.39, 0.29) is 22.9 Å². The Morgan fingerprint density at radius 3 is 2.48 bits per heavy atom. The van der Waals surface area contributed by atoms with E-state index < -0.39 is 10.0 Å². The average molecular weight is 334 g/mol. The second-order valence-electron chi connectivity index (χ2n) is 4.94. The summed E-state index contributed by atoms with van der Waals surface area (Å²) in [5, 5.41) is 7.76. The van der Waals surface area contributed by atoms with E-state index in [9.17, 15) is 13.2 Å². The largest absolute Gasteiger partial charge is 0.495 e. The van der Waals surface area contributed by atoms with Crippen molar-refractivity contribution in [3.63, 3.8) is 0 Å². The smallest absolute Gasteiger partial charge is 0.238 e. The van der Waals surface area contributed by atoms with Crippen LogP contribution >= 0.6 is 0 Å². The zero-order valence-corrected chi connectivity index (χ0v) is 13.5. The number of nitrogens with two attached hydrogens (primary N) is 1. The van der Waals surface area contributed by atoms with Crippen molar-refractivity contribution in [1.29, 1.82) is 0 Å². The van der Waals surface area contributed by atoms with Crippen molar-refractivity contribution in [2.24, 2.45) is 5.14 Å². The minimum absolute atomic E-state index is 0.0864. The highest BCUT2D eigenvalue weighted by molar-refractivity contribution is 7.89. The van der Waals surface area contributed by atoms with Crippen LogP contribution in [0.2, 0.25) is 0 Å². The van der Waals surface area contributed by atoms with Gasteiger partial charge in [-0.05, 0) is 30.2 Å². The molecule has 23 heavy (non-hydrogen) atoms. The van der Waals surface area contributed by atoms with Crippen molar-refractivity contribution in [1.82, 2.24) is 0 Å². The fourth-order valence-electron chi connectivity index (χ4n) is 2.08. The molecule has 0 unspecified atom stereocenters. The summed E-state index contributed by atoms with van der Waals surface area (Å²) in [7, 11) is -2.41. The third-order valence-electron chi connectivity index (χ3n) is 3.26. The van der Waals surface area contributed by atoms with Crippen LogP contribution in [0.5, 0.6) is 5.75 Å². The highest BCUT2D eigenvalue weighted by atomic mass is 32.2. The van der Waals surface area contributed by atoms with Gasteiger partial charge in [0.05, 0.1) is 17.7 Å². The van der Waals surface area contributed by atoms with E-state index >= 15 is 0 Å². The summed E-state index contributed by atoms with van der Waals surface area (Å²) in [5.41, 5.74) is 1.32. The quantitative estimate of drug-likeness (QED) is 0.843. The lowest BCUT2D eigenvalue weighted by molar-refractivity contribution is -0.116. The van der Waals surface area contributed by atoms with E-state index in [0.717, 1.165) is 5.56 Å². The molecular weight excluding hydrogens is 316 g/mol. The molecule has 0 heterocycles. The van der Waals surface area contributed by atoms with Crippen molar-refractivity contribution >= 4 is 21.6 Å². The number of sulfonamides is 1. The molecule has 0 atom stereocenters. The molecule has 0 aliphatic carbocycles. The van der Waals surface area contributed by atoms with Gasteiger partial charge in [0, 0.05) is 6.42 Å². The Morgan fingerprint density at radius 2 is 1.87 bits per heavy atom. The SMILES string of the molecule is COc1ccc(S(N)(=O)=O)cc1NC(=O)CCc1ccccc1. The normalized spacial score (nSPS) is 11.0. The maximum atomic E-state index is 12.1. The Hall–Kier alpha value is -2.38. The number of carbonyl (C=O) groups excluding carboxylic acids is 1. The summed E-state index contributed by atoms with van der Waals surface area (Å²) in [4.78, 5) is 12.0. The van der Waals surface area contributed by atoms with E-state index in [1.807, 2.05) is 30.3 Å². The van der Waals surface area contributed by atoms with E-state index in [1.54, 1.807) is 0 Å². The lowest BCUT2D eigenvalue weighted by Gasteiger charge is -2.11. The lowest BCUT2D eigenvalue weighted by Crippen LogP contribution is -2.15. The molecule has 7 heteroatoms. The Labute approximate surface area is 135 Å². The number of ether oxygens (including phenoxy) is 1. The van der Waals surface area contributed by atoms with Gasteiger partial charge in [-0.2, -0.15) is 0 Å². The number of primary sulfonamides is 1. The minimum Gasteiger partial charge on any atom is -0.495 e. The topological polar surface area (TPSA) is 98.5 Å². The Kier molecular flexibility index (Phi) is 5.36. The van der Waals surface area contributed by atoms with E-state index in [2.05, 4.69) is 5.32 Å². The summed E-state index contributed by atoms with van der Waals surface area (Å²) in [5.74, 6) is 0.129. The maximum Gasteiger partial charge on any atom is 0.238 e. The molecular formula is C16H18N2O4S. The van der Waals surface area contributed by atoms with E-state index in [0.29, 0.717) is 12.2 Å². The van der Waals surface area contributed by atoms with Crippen molar-refractivity contribution in [3.8, 4) is 5.75 Å². The predicted molar refractivity (Wildman–Crippen MR) is 87.8 cm³/mol. The van der Waals surface area contributed by atoms with Gasteiger partial charge in [-0.25, -0.2) is 13.6 Å². The first-order chi connectivity index (χ1) is 10.9. The molecule has 0 bridgehead atoms. The summed E-state index contributed by atoms with van der Waals surface area (Å²) in [6, 6.07) is 13.7. The number of amides is 1. The van der Waals surface area contributed by atoms with Crippen LogP contribution in [0, 0.1) is 0 Å². The van der Waals surface area contributed by atoms with Gasteiger partial charge in [0.25, 0.3) is 0 Å². The molecule has 2 rings (SSSR count). The molecule has 6 nitrogen and oxygen atoms in total. The molecule has 2 aromatic carbocycles. The summed E-state index contributed by atoms with van der Waals surface area (Å²) in [6.45, 7) is 0. The molecule has 0 aliphatic heterocycles. The second kappa shape index (κ2) is 7.26. The number of rotatable bonds is 6. The van der Waals surface area contributed by atoms with Gasteiger partial charge >= 0.3 is 0 Å². The van der Waals surface area contributed by atoms with E-state index in [1.165, 1.54) is 25.3 Å². The minimum atomic E-state index is -3.85. The molecule has 0 radical (unpaired) electrons. The lowest BCUT2D eigenvalue weighted by atomic mass is 10.1. The van der Waals surface area contributed by atoms with Crippen LogP contribution in [0.15, 0.2) is 53.4 Å². The maximum absolute atomic E-state index is 12.1. The first-order valence-corrected chi connectivity index (χ1v) is 8.49. The number of hydrogen-bond donors (Lipinski definition) is 2. The standard InChI is InChI=1S/C16H18N2O4S/c1-22-15-9-8-13(23(17,20)21)11-14(15)18-16(19)10-7-12-5-3-2-4-6-12/h2-6,8-9,11H,7,10H2,1H3,(H,18,19)(H2,17,20,21). The third kappa shape index (κ3) is 4.80. The van der Waals surface area contributed by atoms with Gasteiger partial charge in [0.1, 0.15) is 5.75 Å². The molecule has 0 saturated carbocycles. The molecule has 1 amide bonds. The number of anilines is 1. The predicted octanol–water partition coefficient (Wildman–Crippen LogP) is 1.91. The van der Waals surface area contributed by atoms with Crippen LogP contribution in [0.1, 0.15) is 12.0 Å². The number of nitrogens with one attached hydrogen (secondary N) is 1.